The normalized spacial score (nSPS) is 16.4. The SMILES string of the molecule is CC(C)c1noc(CCCNC(=O)[C@@H]2Cc3ccccc3C(=O)O2)n1. The molecule has 1 aliphatic rings. The maximum Gasteiger partial charge on any atom is 0.339 e. The van der Waals surface area contributed by atoms with Crippen LogP contribution in [-0.4, -0.2) is 34.7 Å². The average Bonchev–Trinajstić information content (AvgIpc) is 3.08. The summed E-state index contributed by atoms with van der Waals surface area (Å²) in [7, 11) is 0. The van der Waals surface area contributed by atoms with Gasteiger partial charge < -0.3 is 14.6 Å². The number of amides is 1. The van der Waals surface area contributed by atoms with E-state index in [1.165, 1.54) is 0 Å². The highest BCUT2D eigenvalue weighted by Gasteiger charge is 2.30. The Labute approximate surface area is 145 Å². The number of carbonyl (C=O) groups excluding carboxylic acids is 2. The van der Waals surface area contributed by atoms with Crippen LogP contribution in [0.3, 0.4) is 0 Å². The van der Waals surface area contributed by atoms with Gasteiger partial charge in [-0.25, -0.2) is 4.79 Å². The number of esters is 1. The Morgan fingerprint density at radius 3 is 2.92 bits per heavy atom. The minimum absolute atomic E-state index is 0.223. The average molecular weight is 343 g/mol. The summed E-state index contributed by atoms with van der Waals surface area (Å²) >= 11 is 0. The molecule has 1 aromatic heterocycles. The van der Waals surface area contributed by atoms with Crippen molar-refractivity contribution in [1.29, 1.82) is 0 Å². The van der Waals surface area contributed by atoms with Crippen LogP contribution in [0, 0.1) is 0 Å². The van der Waals surface area contributed by atoms with Crippen LogP contribution >= 0.6 is 0 Å². The van der Waals surface area contributed by atoms with Crippen molar-refractivity contribution in [1.82, 2.24) is 15.5 Å². The Bertz CT molecular complexity index is 769. The number of hydrogen-bond acceptors (Lipinski definition) is 6. The van der Waals surface area contributed by atoms with E-state index < -0.39 is 12.1 Å². The van der Waals surface area contributed by atoms with E-state index in [2.05, 4.69) is 15.5 Å². The summed E-state index contributed by atoms with van der Waals surface area (Å²) in [6.45, 7) is 4.45. The van der Waals surface area contributed by atoms with E-state index in [9.17, 15) is 9.59 Å². The van der Waals surface area contributed by atoms with Crippen LogP contribution in [-0.2, 0) is 22.4 Å². The lowest BCUT2D eigenvalue weighted by Crippen LogP contribution is -2.42. The van der Waals surface area contributed by atoms with Gasteiger partial charge in [0.25, 0.3) is 5.91 Å². The number of ether oxygens (including phenoxy) is 1. The molecule has 3 rings (SSSR count). The highest BCUT2D eigenvalue weighted by molar-refractivity contribution is 5.95. The van der Waals surface area contributed by atoms with Crippen LogP contribution in [0.4, 0.5) is 0 Å². The van der Waals surface area contributed by atoms with Crippen molar-refractivity contribution in [3.8, 4) is 0 Å². The van der Waals surface area contributed by atoms with Crippen molar-refractivity contribution in [3.05, 3.63) is 47.1 Å². The Hall–Kier alpha value is -2.70. The van der Waals surface area contributed by atoms with Gasteiger partial charge in [0.15, 0.2) is 11.9 Å². The molecule has 132 valence electrons. The molecule has 1 atom stereocenters. The summed E-state index contributed by atoms with van der Waals surface area (Å²) in [5, 5.41) is 6.70. The van der Waals surface area contributed by atoms with Gasteiger partial charge in [-0.3, -0.25) is 4.79 Å². The molecule has 0 spiro atoms. The largest absolute Gasteiger partial charge is 0.448 e. The van der Waals surface area contributed by atoms with Gasteiger partial charge in [-0.05, 0) is 18.1 Å². The topological polar surface area (TPSA) is 94.3 Å². The Morgan fingerprint density at radius 2 is 2.16 bits per heavy atom. The predicted octanol–water partition coefficient (Wildman–Crippen LogP) is 2.02. The van der Waals surface area contributed by atoms with Gasteiger partial charge in [0, 0.05) is 25.3 Å². The molecule has 1 aromatic carbocycles. The van der Waals surface area contributed by atoms with Crippen LogP contribution in [0.5, 0.6) is 0 Å². The number of aromatic nitrogens is 2. The summed E-state index contributed by atoms with van der Waals surface area (Å²) < 4.78 is 10.4. The number of nitrogens with zero attached hydrogens (tertiary/aromatic N) is 2. The van der Waals surface area contributed by atoms with E-state index in [-0.39, 0.29) is 11.8 Å². The lowest BCUT2D eigenvalue weighted by molar-refractivity contribution is -0.130. The molecule has 7 heteroatoms. The van der Waals surface area contributed by atoms with Crippen LogP contribution < -0.4 is 5.32 Å². The molecule has 0 saturated carbocycles. The van der Waals surface area contributed by atoms with Gasteiger partial charge in [0.2, 0.25) is 5.89 Å². The lowest BCUT2D eigenvalue weighted by atomic mass is 9.98. The third kappa shape index (κ3) is 4.04. The number of nitrogens with one attached hydrogen (secondary N) is 1. The van der Waals surface area contributed by atoms with E-state index in [4.69, 9.17) is 9.26 Å². The van der Waals surface area contributed by atoms with E-state index in [0.717, 1.165) is 5.56 Å². The summed E-state index contributed by atoms with van der Waals surface area (Å²) in [5.74, 6) is 0.745. The molecule has 0 aliphatic carbocycles. The number of hydrogen-bond donors (Lipinski definition) is 1. The fourth-order valence-electron chi connectivity index (χ4n) is 2.65. The molecule has 0 radical (unpaired) electrons. The molecule has 7 nitrogen and oxygen atoms in total. The number of benzene rings is 1. The van der Waals surface area contributed by atoms with Gasteiger partial charge in [0.05, 0.1) is 5.56 Å². The molecule has 0 fully saturated rings. The van der Waals surface area contributed by atoms with Gasteiger partial charge in [-0.2, -0.15) is 4.98 Å². The first-order chi connectivity index (χ1) is 12.0. The third-order valence-electron chi connectivity index (χ3n) is 4.05. The Morgan fingerprint density at radius 1 is 1.36 bits per heavy atom. The van der Waals surface area contributed by atoms with Crippen molar-refractivity contribution in [2.24, 2.45) is 0 Å². The van der Waals surface area contributed by atoms with Gasteiger partial charge in [-0.15, -0.1) is 0 Å². The lowest BCUT2D eigenvalue weighted by Gasteiger charge is -2.23. The standard InChI is InChI=1S/C18H21N3O4/c1-11(2)16-20-15(25-21-16)8-5-9-19-17(22)14-10-12-6-3-4-7-13(12)18(23)24-14/h3-4,6-7,11,14H,5,8-10H2,1-2H3,(H,19,22)/t14-/m0/s1. The highest BCUT2D eigenvalue weighted by atomic mass is 16.5. The molecule has 1 amide bonds. The molecule has 2 heterocycles. The number of carbonyl (C=O) groups is 2. The summed E-state index contributed by atoms with van der Waals surface area (Å²) in [4.78, 5) is 28.5. The molecule has 25 heavy (non-hydrogen) atoms. The zero-order valence-electron chi connectivity index (χ0n) is 14.3. The quantitative estimate of drug-likeness (QED) is 0.637. The summed E-state index contributed by atoms with van der Waals surface area (Å²) in [6, 6.07) is 7.18. The second-order valence-corrected chi connectivity index (χ2v) is 6.35. The van der Waals surface area contributed by atoms with E-state index >= 15 is 0 Å². The molecular formula is C18H21N3O4. The predicted molar refractivity (Wildman–Crippen MR) is 89.1 cm³/mol. The van der Waals surface area contributed by atoms with Crippen molar-refractivity contribution >= 4 is 11.9 Å². The second-order valence-electron chi connectivity index (χ2n) is 6.35. The number of fused-ring (bicyclic) bond motifs is 1. The molecule has 1 N–H and O–H groups in total. The van der Waals surface area contributed by atoms with E-state index in [1.54, 1.807) is 12.1 Å². The molecule has 1 aliphatic heterocycles. The first-order valence-corrected chi connectivity index (χ1v) is 8.43. The molecule has 2 aromatic rings. The molecule has 0 saturated heterocycles. The Kier molecular flexibility index (Phi) is 5.11. The van der Waals surface area contributed by atoms with Crippen molar-refractivity contribution in [3.63, 3.8) is 0 Å². The van der Waals surface area contributed by atoms with Crippen LogP contribution in [0.15, 0.2) is 28.8 Å². The second kappa shape index (κ2) is 7.46. The van der Waals surface area contributed by atoms with Crippen LogP contribution in [0.1, 0.15) is 53.8 Å². The zero-order valence-corrected chi connectivity index (χ0v) is 14.3. The van der Waals surface area contributed by atoms with Gasteiger partial charge in [-0.1, -0.05) is 37.2 Å². The maximum atomic E-state index is 12.2. The first kappa shape index (κ1) is 17.1. The molecule has 0 unspecified atom stereocenters. The minimum atomic E-state index is -0.779. The van der Waals surface area contributed by atoms with E-state index in [0.29, 0.717) is 43.1 Å². The van der Waals surface area contributed by atoms with Crippen LogP contribution in [0.2, 0.25) is 0 Å². The van der Waals surface area contributed by atoms with Gasteiger partial charge in [0.1, 0.15) is 0 Å². The molecular weight excluding hydrogens is 322 g/mol. The number of aryl methyl sites for hydroxylation is 1. The maximum absolute atomic E-state index is 12.2. The smallest absolute Gasteiger partial charge is 0.339 e. The van der Waals surface area contributed by atoms with Crippen molar-refractivity contribution in [2.45, 2.75) is 45.1 Å². The minimum Gasteiger partial charge on any atom is -0.448 e. The van der Waals surface area contributed by atoms with Crippen molar-refractivity contribution < 1.29 is 18.8 Å². The summed E-state index contributed by atoms with van der Waals surface area (Å²) in [6.07, 6.45) is 0.879. The van der Waals surface area contributed by atoms with Gasteiger partial charge >= 0.3 is 5.97 Å². The highest BCUT2D eigenvalue weighted by Crippen LogP contribution is 2.20. The van der Waals surface area contributed by atoms with E-state index in [1.807, 2.05) is 26.0 Å². The molecule has 0 bridgehead atoms. The third-order valence-corrected chi connectivity index (χ3v) is 4.05. The summed E-state index contributed by atoms with van der Waals surface area (Å²) in [5.41, 5.74) is 1.37. The monoisotopic (exact) mass is 343 g/mol. The Balaban J connectivity index is 1.46. The van der Waals surface area contributed by atoms with Crippen molar-refractivity contribution in [2.75, 3.05) is 6.54 Å². The first-order valence-electron chi connectivity index (χ1n) is 8.43. The van der Waals surface area contributed by atoms with Crippen LogP contribution in [0.25, 0.3) is 0 Å². The fraction of sp³-hybridized carbons (Fsp3) is 0.444. The zero-order chi connectivity index (χ0) is 17.8. The number of rotatable bonds is 6. The number of cyclic esters (lactones) is 1. The fourth-order valence-corrected chi connectivity index (χ4v) is 2.65.